The van der Waals surface area contributed by atoms with E-state index in [4.69, 9.17) is 4.74 Å². The van der Waals surface area contributed by atoms with Crippen LogP contribution in [0.2, 0.25) is 0 Å². The van der Waals surface area contributed by atoms with Crippen molar-refractivity contribution in [3.63, 3.8) is 0 Å². The molecule has 1 heterocycles. The van der Waals surface area contributed by atoms with Crippen molar-refractivity contribution < 1.29 is 14.3 Å². The smallest absolute Gasteiger partial charge is 0.255 e. The Balaban J connectivity index is 2.08. The fourth-order valence-corrected chi connectivity index (χ4v) is 3.83. The highest BCUT2D eigenvalue weighted by Crippen LogP contribution is 2.30. The van der Waals surface area contributed by atoms with Crippen LogP contribution in [-0.4, -0.2) is 40.5 Å². The largest absolute Gasteiger partial charge is 0.364 e. The molecule has 164 valence electrons. The van der Waals surface area contributed by atoms with E-state index in [1.54, 1.807) is 17.0 Å². The predicted octanol–water partition coefficient (Wildman–Crippen LogP) is 4.52. The maximum atomic E-state index is 13.8. The molecule has 3 rings (SSSR count). The molecular weight excluding hydrogens is 388 g/mol. The number of amides is 2. The molecule has 1 aliphatic heterocycles. The summed E-state index contributed by atoms with van der Waals surface area (Å²) in [5, 5.41) is 3.06. The summed E-state index contributed by atoms with van der Waals surface area (Å²) in [4.78, 5) is 29.0. The zero-order valence-electron chi connectivity index (χ0n) is 18.9. The van der Waals surface area contributed by atoms with Gasteiger partial charge in [0.2, 0.25) is 5.91 Å². The van der Waals surface area contributed by atoms with E-state index in [1.165, 1.54) is 0 Å². The second kappa shape index (κ2) is 9.48. The minimum absolute atomic E-state index is 0.115. The Hall–Kier alpha value is -2.92. The van der Waals surface area contributed by atoms with Gasteiger partial charge in [-0.2, -0.15) is 0 Å². The lowest BCUT2D eigenvalue weighted by Gasteiger charge is -2.39. The molecule has 2 aromatic rings. The lowest BCUT2D eigenvalue weighted by atomic mass is 9.98. The van der Waals surface area contributed by atoms with Crippen LogP contribution in [0.15, 0.2) is 72.8 Å². The van der Waals surface area contributed by atoms with E-state index in [1.807, 2.05) is 95.3 Å². The van der Waals surface area contributed by atoms with Gasteiger partial charge in [-0.05, 0) is 52.3 Å². The number of rotatable bonds is 6. The van der Waals surface area contributed by atoms with Crippen LogP contribution in [0.25, 0.3) is 0 Å². The maximum Gasteiger partial charge on any atom is 0.255 e. The van der Waals surface area contributed by atoms with E-state index in [0.717, 1.165) is 5.56 Å². The molecule has 0 saturated carbocycles. The van der Waals surface area contributed by atoms with Crippen LogP contribution in [0.1, 0.15) is 56.6 Å². The maximum absolute atomic E-state index is 13.8. The zero-order chi connectivity index (χ0) is 22.6. The first-order valence-electron chi connectivity index (χ1n) is 10.8. The van der Waals surface area contributed by atoms with Crippen LogP contribution < -0.4 is 5.32 Å². The number of nitrogens with one attached hydrogen (secondary N) is 1. The SMILES string of the molecule is C[C@H](c1ccccc1)N(C(=O)c1ccccc1)[C@H](C(=O)NC(C)(C)C)[C@H]1C=C[C@H](C)O1. The molecule has 0 aliphatic carbocycles. The minimum Gasteiger partial charge on any atom is -0.364 e. The van der Waals surface area contributed by atoms with Crippen molar-refractivity contribution in [2.75, 3.05) is 0 Å². The monoisotopic (exact) mass is 420 g/mol. The first kappa shape index (κ1) is 22.8. The fourth-order valence-electron chi connectivity index (χ4n) is 3.83. The van der Waals surface area contributed by atoms with E-state index >= 15 is 0 Å². The molecule has 1 N–H and O–H groups in total. The third-order valence-corrected chi connectivity index (χ3v) is 5.28. The number of carbonyl (C=O) groups excluding carboxylic acids is 2. The van der Waals surface area contributed by atoms with Gasteiger partial charge in [-0.3, -0.25) is 9.59 Å². The lowest BCUT2D eigenvalue weighted by Crippen LogP contribution is -2.58. The van der Waals surface area contributed by atoms with Gasteiger partial charge in [0.15, 0.2) is 0 Å². The highest BCUT2D eigenvalue weighted by molar-refractivity contribution is 5.98. The van der Waals surface area contributed by atoms with Crippen LogP contribution in [-0.2, 0) is 9.53 Å². The summed E-state index contributed by atoms with van der Waals surface area (Å²) in [5.41, 5.74) is 1.05. The van der Waals surface area contributed by atoms with Crippen LogP contribution in [0, 0.1) is 0 Å². The molecule has 0 saturated heterocycles. The number of hydrogen-bond donors (Lipinski definition) is 1. The molecule has 5 heteroatoms. The van der Waals surface area contributed by atoms with Gasteiger partial charge in [-0.15, -0.1) is 0 Å². The first-order chi connectivity index (χ1) is 14.7. The summed E-state index contributed by atoms with van der Waals surface area (Å²) < 4.78 is 6.05. The van der Waals surface area contributed by atoms with Gasteiger partial charge in [0.25, 0.3) is 5.91 Å². The highest BCUT2D eigenvalue weighted by Gasteiger charge is 2.42. The van der Waals surface area contributed by atoms with Gasteiger partial charge in [-0.1, -0.05) is 60.7 Å². The van der Waals surface area contributed by atoms with E-state index < -0.39 is 17.7 Å². The van der Waals surface area contributed by atoms with Crippen LogP contribution in [0.5, 0.6) is 0 Å². The molecule has 2 amide bonds. The summed E-state index contributed by atoms with van der Waals surface area (Å²) in [6.07, 6.45) is 3.17. The van der Waals surface area contributed by atoms with Gasteiger partial charge in [0.05, 0.1) is 12.1 Å². The molecule has 2 aromatic carbocycles. The Kier molecular flexibility index (Phi) is 6.96. The summed E-state index contributed by atoms with van der Waals surface area (Å²) >= 11 is 0. The number of carbonyl (C=O) groups is 2. The number of benzene rings is 2. The summed E-state index contributed by atoms with van der Waals surface area (Å²) in [5.74, 6) is -0.439. The standard InChI is InChI=1S/C26H32N2O3/c1-18-16-17-22(31-18)23(24(29)27-26(3,4)5)28(19(2)20-12-8-6-9-13-20)25(30)21-14-10-7-11-15-21/h6-19,22-23H,1-5H3,(H,27,29)/t18-,19+,22+,23-/m0/s1. The molecule has 5 nitrogen and oxygen atoms in total. The van der Waals surface area contributed by atoms with E-state index in [9.17, 15) is 9.59 Å². The molecule has 0 radical (unpaired) electrons. The quantitative estimate of drug-likeness (QED) is 0.699. The molecule has 31 heavy (non-hydrogen) atoms. The number of ether oxygens (including phenoxy) is 1. The van der Waals surface area contributed by atoms with Crippen molar-refractivity contribution in [1.29, 1.82) is 0 Å². The summed E-state index contributed by atoms with van der Waals surface area (Å²) in [6, 6.07) is 17.7. The van der Waals surface area contributed by atoms with Gasteiger partial charge in [-0.25, -0.2) is 0 Å². The second-order valence-corrected chi connectivity index (χ2v) is 9.04. The van der Waals surface area contributed by atoms with Gasteiger partial charge >= 0.3 is 0 Å². The molecular formula is C26H32N2O3. The molecule has 0 aromatic heterocycles. The van der Waals surface area contributed by atoms with Crippen molar-refractivity contribution in [2.45, 2.75) is 64.4 Å². The zero-order valence-corrected chi connectivity index (χ0v) is 18.9. The average Bonchev–Trinajstić information content (AvgIpc) is 3.16. The van der Waals surface area contributed by atoms with Crippen molar-refractivity contribution in [2.24, 2.45) is 0 Å². The average molecular weight is 421 g/mol. The van der Waals surface area contributed by atoms with E-state index in [2.05, 4.69) is 5.32 Å². The van der Waals surface area contributed by atoms with Crippen LogP contribution in [0.3, 0.4) is 0 Å². The predicted molar refractivity (Wildman–Crippen MR) is 123 cm³/mol. The van der Waals surface area contributed by atoms with Crippen LogP contribution in [0.4, 0.5) is 0 Å². The Morgan fingerprint density at radius 2 is 1.55 bits per heavy atom. The Morgan fingerprint density at radius 3 is 2.06 bits per heavy atom. The molecule has 1 aliphatic rings. The third kappa shape index (κ3) is 5.61. The first-order valence-corrected chi connectivity index (χ1v) is 10.8. The molecule has 0 spiro atoms. The highest BCUT2D eigenvalue weighted by atomic mass is 16.5. The van der Waals surface area contributed by atoms with Crippen LogP contribution >= 0.6 is 0 Å². The van der Waals surface area contributed by atoms with Crippen molar-refractivity contribution in [1.82, 2.24) is 10.2 Å². The lowest BCUT2D eigenvalue weighted by molar-refractivity contribution is -0.132. The molecule has 0 fully saturated rings. The minimum atomic E-state index is -0.816. The molecule has 0 unspecified atom stereocenters. The van der Waals surface area contributed by atoms with Crippen molar-refractivity contribution in [3.05, 3.63) is 83.9 Å². The second-order valence-electron chi connectivity index (χ2n) is 9.04. The van der Waals surface area contributed by atoms with Gasteiger partial charge < -0.3 is 15.0 Å². The Bertz CT molecular complexity index is 919. The molecule has 4 atom stereocenters. The number of hydrogen-bond acceptors (Lipinski definition) is 3. The topological polar surface area (TPSA) is 58.6 Å². The Labute approximate surface area is 185 Å². The normalized spacial score (nSPS) is 20.2. The molecule has 0 bridgehead atoms. The van der Waals surface area contributed by atoms with Crippen molar-refractivity contribution >= 4 is 11.8 Å². The van der Waals surface area contributed by atoms with Crippen molar-refractivity contribution in [3.8, 4) is 0 Å². The van der Waals surface area contributed by atoms with Gasteiger partial charge in [0, 0.05) is 11.1 Å². The van der Waals surface area contributed by atoms with E-state index in [0.29, 0.717) is 5.56 Å². The summed E-state index contributed by atoms with van der Waals surface area (Å²) in [6.45, 7) is 9.68. The number of nitrogens with zero attached hydrogens (tertiary/aromatic N) is 1. The Morgan fingerprint density at radius 1 is 0.968 bits per heavy atom. The van der Waals surface area contributed by atoms with E-state index in [-0.39, 0.29) is 24.0 Å². The van der Waals surface area contributed by atoms with Gasteiger partial charge in [0.1, 0.15) is 12.1 Å². The third-order valence-electron chi connectivity index (χ3n) is 5.28. The fraction of sp³-hybridized carbons (Fsp3) is 0.385. The summed E-state index contributed by atoms with van der Waals surface area (Å²) in [7, 11) is 0.